The maximum Gasteiger partial charge on any atom is 0.147 e. The summed E-state index contributed by atoms with van der Waals surface area (Å²) in [6.45, 7) is 3.75. The molecule has 1 aliphatic heterocycles. The molecule has 3 aliphatic rings. The van der Waals surface area contributed by atoms with E-state index >= 15 is 0 Å². The molecule has 2 aliphatic carbocycles. The van der Waals surface area contributed by atoms with Crippen LogP contribution in [0.4, 0.5) is 0 Å². The molecule has 2 saturated carbocycles. The van der Waals surface area contributed by atoms with Gasteiger partial charge in [0.15, 0.2) is 0 Å². The third kappa shape index (κ3) is 2.88. The van der Waals surface area contributed by atoms with Gasteiger partial charge in [0.25, 0.3) is 0 Å². The van der Waals surface area contributed by atoms with Crippen LogP contribution in [-0.4, -0.2) is 31.4 Å². The first-order valence-corrected chi connectivity index (χ1v) is 9.44. The van der Waals surface area contributed by atoms with Crippen LogP contribution in [0.25, 0.3) is 0 Å². The van der Waals surface area contributed by atoms with Crippen molar-refractivity contribution in [3.05, 3.63) is 29.2 Å². The van der Waals surface area contributed by atoms with E-state index in [1.165, 1.54) is 44.3 Å². The minimum Gasteiger partial charge on any atom is -0.361 e. The summed E-state index contributed by atoms with van der Waals surface area (Å²) in [5.74, 6) is 4.88. The Morgan fingerprint density at radius 1 is 1.08 bits per heavy atom. The topological polar surface area (TPSA) is 60.0 Å². The summed E-state index contributed by atoms with van der Waals surface area (Å²) >= 11 is 0. The Balaban J connectivity index is 1.24. The zero-order valence-electron chi connectivity index (χ0n) is 14.2. The molecule has 128 valence electrons. The standard InChI is InChI=1S/C18H25N5O/c1-2-4-14(3-1)18-20-19-17-12-22(7-8-23(17)18)11-15-10-16(24-21-15)9-13-5-6-13/h10,13-14H,1-9,11-12H2. The molecule has 0 spiro atoms. The minimum atomic E-state index is 0.637. The fourth-order valence-corrected chi connectivity index (χ4v) is 4.21. The molecule has 0 amide bonds. The molecular weight excluding hydrogens is 302 g/mol. The molecule has 2 fully saturated rings. The molecule has 3 heterocycles. The van der Waals surface area contributed by atoms with Crippen LogP contribution in [0.2, 0.25) is 0 Å². The summed E-state index contributed by atoms with van der Waals surface area (Å²) in [6.07, 6.45) is 9.01. The predicted octanol–water partition coefficient (Wildman–Crippen LogP) is 2.89. The molecule has 0 bridgehead atoms. The number of hydrogen-bond donors (Lipinski definition) is 0. The number of aromatic nitrogens is 4. The average Bonchev–Trinajstić information content (AvgIpc) is 3.00. The number of rotatable bonds is 5. The van der Waals surface area contributed by atoms with Gasteiger partial charge in [-0.25, -0.2) is 0 Å². The molecule has 0 unspecified atom stereocenters. The van der Waals surface area contributed by atoms with Crippen LogP contribution in [0, 0.1) is 5.92 Å². The van der Waals surface area contributed by atoms with Crippen molar-refractivity contribution in [2.45, 2.75) is 70.5 Å². The van der Waals surface area contributed by atoms with Crippen molar-refractivity contribution in [2.24, 2.45) is 5.92 Å². The van der Waals surface area contributed by atoms with E-state index in [-0.39, 0.29) is 0 Å². The van der Waals surface area contributed by atoms with Crippen molar-refractivity contribution in [3.8, 4) is 0 Å². The van der Waals surface area contributed by atoms with Crippen LogP contribution >= 0.6 is 0 Å². The highest BCUT2D eigenvalue weighted by Gasteiger charge is 2.28. The van der Waals surface area contributed by atoms with Gasteiger partial charge in [-0.05, 0) is 31.6 Å². The van der Waals surface area contributed by atoms with Gasteiger partial charge < -0.3 is 9.09 Å². The van der Waals surface area contributed by atoms with Crippen LogP contribution in [0.5, 0.6) is 0 Å². The molecule has 0 aromatic carbocycles. The van der Waals surface area contributed by atoms with Gasteiger partial charge >= 0.3 is 0 Å². The van der Waals surface area contributed by atoms with Crippen LogP contribution in [0.1, 0.15) is 67.5 Å². The lowest BCUT2D eigenvalue weighted by Crippen LogP contribution is -2.34. The summed E-state index contributed by atoms with van der Waals surface area (Å²) in [7, 11) is 0. The Hall–Kier alpha value is -1.69. The van der Waals surface area contributed by atoms with Gasteiger partial charge in [0.05, 0.1) is 12.2 Å². The maximum atomic E-state index is 5.49. The highest BCUT2D eigenvalue weighted by molar-refractivity contribution is 5.09. The highest BCUT2D eigenvalue weighted by atomic mass is 16.5. The molecule has 2 aromatic heterocycles. The lowest BCUT2D eigenvalue weighted by molar-refractivity contribution is 0.200. The summed E-state index contributed by atoms with van der Waals surface area (Å²) in [6, 6.07) is 2.14. The van der Waals surface area contributed by atoms with E-state index in [2.05, 4.69) is 30.9 Å². The Bertz CT molecular complexity index is 711. The molecule has 24 heavy (non-hydrogen) atoms. The van der Waals surface area contributed by atoms with E-state index in [4.69, 9.17) is 4.52 Å². The third-order valence-corrected chi connectivity index (χ3v) is 5.76. The van der Waals surface area contributed by atoms with Crippen LogP contribution in [0.3, 0.4) is 0 Å². The molecular formula is C18H25N5O. The maximum absolute atomic E-state index is 5.49. The SMILES string of the molecule is c1c(CN2CCn3c(nnc3C3CCCC3)C2)noc1CC1CC1. The lowest BCUT2D eigenvalue weighted by atomic mass is 10.1. The zero-order chi connectivity index (χ0) is 15.9. The van der Waals surface area contributed by atoms with E-state index in [0.717, 1.165) is 55.8 Å². The van der Waals surface area contributed by atoms with Gasteiger partial charge in [0, 0.05) is 38.0 Å². The first-order valence-electron chi connectivity index (χ1n) is 9.44. The average molecular weight is 327 g/mol. The lowest BCUT2D eigenvalue weighted by Gasteiger charge is -2.27. The molecule has 5 rings (SSSR count). The monoisotopic (exact) mass is 327 g/mol. The molecule has 0 radical (unpaired) electrons. The zero-order valence-corrected chi connectivity index (χ0v) is 14.2. The number of fused-ring (bicyclic) bond motifs is 1. The van der Waals surface area contributed by atoms with Crippen molar-refractivity contribution in [3.63, 3.8) is 0 Å². The second-order valence-electron chi connectivity index (χ2n) is 7.75. The molecule has 0 N–H and O–H groups in total. The summed E-state index contributed by atoms with van der Waals surface area (Å²) < 4.78 is 7.86. The molecule has 6 heteroatoms. The normalized spacial score (nSPS) is 22.2. The van der Waals surface area contributed by atoms with Crippen LogP contribution in [-0.2, 0) is 26.1 Å². The van der Waals surface area contributed by atoms with E-state index < -0.39 is 0 Å². The van der Waals surface area contributed by atoms with Gasteiger partial charge in [0.1, 0.15) is 17.4 Å². The van der Waals surface area contributed by atoms with E-state index in [0.29, 0.717) is 5.92 Å². The first-order chi connectivity index (χ1) is 11.8. The van der Waals surface area contributed by atoms with Gasteiger partial charge in [0.2, 0.25) is 0 Å². The van der Waals surface area contributed by atoms with Crippen molar-refractivity contribution in [1.29, 1.82) is 0 Å². The Morgan fingerprint density at radius 3 is 2.79 bits per heavy atom. The Morgan fingerprint density at radius 2 is 1.96 bits per heavy atom. The summed E-state index contributed by atoms with van der Waals surface area (Å²) in [5.41, 5.74) is 1.05. The molecule has 2 aromatic rings. The van der Waals surface area contributed by atoms with Crippen LogP contribution < -0.4 is 0 Å². The third-order valence-electron chi connectivity index (χ3n) is 5.76. The first kappa shape index (κ1) is 14.6. The second kappa shape index (κ2) is 5.99. The molecule has 0 atom stereocenters. The fraction of sp³-hybridized carbons (Fsp3) is 0.722. The summed E-state index contributed by atoms with van der Waals surface area (Å²) in [5, 5.41) is 13.2. The predicted molar refractivity (Wildman–Crippen MR) is 88.3 cm³/mol. The van der Waals surface area contributed by atoms with Crippen molar-refractivity contribution in [2.75, 3.05) is 6.54 Å². The quantitative estimate of drug-likeness (QED) is 0.845. The highest BCUT2D eigenvalue weighted by Crippen LogP contribution is 2.34. The van der Waals surface area contributed by atoms with Crippen LogP contribution in [0.15, 0.2) is 10.6 Å². The second-order valence-corrected chi connectivity index (χ2v) is 7.75. The smallest absolute Gasteiger partial charge is 0.147 e. The minimum absolute atomic E-state index is 0.637. The van der Waals surface area contributed by atoms with E-state index in [9.17, 15) is 0 Å². The largest absolute Gasteiger partial charge is 0.361 e. The number of hydrogen-bond acceptors (Lipinski definition) is 5. The number of nitrogens with zero attached hydrogens (tertiary/aromatic N) is 5. The van der Waals surface area contributed by atoms with Gasteiger partial charge in [-0.1, -0.05) is 18.0 Å². The fourth-order valence-electron chi connectivity index (χ4n) is 4.21. The van der Waals surface area contributed by atoms with Gasteiger partial charge in [-0.3, -0.25) is 4.90 Å². The van der Waals surface area contributed by atoms with Gasteiger partial charge in [-0.15, -0.1) is 10.2 Å². The van der Waals surface area contributed by atoms with Crippen molar-refractivity contribution in [1.82, 2.24) is 24.8 Å². The molecule has 6 nitrogen and oxygen atoms in total. The van der Waals surface area contributed by atoms with Gasteiger partial charge in [-0.2, -0.15) is 0 Å². The summed E-state index contributed by atoms with van der Waals surface area (Å²) in [4.78, 5) is 2.40. The van der Waals surface area contributed by atoms with Crippen molar-refractivity contribution < 1.29 is 4.52 Å². The Labute approximate surface area is 142 Å². The van der Waals surface area contributed by atoms with E-state index in [1.54, 1.807) is 0 Å². The Kier molecular flexibility index (Phi) is 3.65. The van der Waals surface area contributed by atoms with Crippen molar-refractivity contribution >= 4 is 0 Å². The molecule has 0 saturated heterocycles. The van der Waals surface area contributed by atoms with E-state index in [1.807, 2.05) is 0 Å².